The molecule has 0 saturated carbocycles. The summed E-state index contributed by atoms with van der Waals surface area (Å²) in [6.45, 7) is 4.18. The van der Waals surface area contributed by atoms with Crippen molar-refractivity contribution in [1.82, 2.24) is 15.1 Å². The zero-order chi connectivity index (χ0) is 13.7. The summed E-state index contributed by atoms with van der Waals surface area (Å²) in [5.74, 6) is 0. The molecule has 1 aliphatic heterocycles. The number of urea groups is 1. The number of piperazine rings is 1. The average molecular weight is 282 g/mol. The first-order chi connectivity index (χ1) is 9.15. The minimum atomic E-state index is 0.0436. The molecule has 0 atom stereocenters. The molecule has 1 N–H and O–H groups in total. The number of nitrogens with one attached hydrogen (secondary N) is 1. The fraction of sp³-hybridized carbons (Fsp3) is 0.500. The first kappa shape index (κ1) is 14.2. The van der Waals surface area contributed by atoms with Gasteiger partial charge in [-0.25, -0.2) is 4.79 Å². The number of carbonyl (C=O) groups excluding carboxylic acids is 1. The van der Waals surface area contributed by atoms with Gasteiger partial charge in [0.1, 0.15) is 0 Å². The molecule has 1 fully saturated rings. The van der Waals surface area contributed by atoms with Gasteiger partial charge in [-0.05, 0) is 31.2 Å². The van der Waals surface area contributed by atoms with Crippen molar-refractivity contribution in [1.29, 1.82) is 0 Å². The van der Waals surface area contributed by atoms with Crippen LogP contribution in [0.3, 0.4) is 0 Å². The molecule has 0 spiro atoms. The second-order valence-electron chi connectivity index (χ2n) is 4.90. The summed E-state index contributed by atoms with van der Waals surface area (Å²) in [4.78, 5) is 16.0. The topological polar surface area (TPSA) is 35.6 Å². The van der Waals surface area contributed by atoms with Crippen LogP contribution in [-0.4, -0.2) is 55.6 Å². The molecule has 2 rings (SSSR count). The number of halogens is 1. The number of nitrogens with zero attached hydrogens (tertiary/aromatic N) is 2. The minimum absolute atomic E-state index is 0.0436. The lowest BCUT2D eigenvalue weighted by Crippen LogP contribution is -2.50. The van der Waals surface area contributed by atoms with E-state index in [1.165, 1.54) is 5.56 Å². The van der Waals surface area contributed by atoms with Gasteiger partial charge in [0.25, 0.3) is 0 Å². The van der Waals surface area contributed by atoms with Crippen molar-refractivity contribution in [2.24, 2.45) is 0 Å². The fourth-order valence-electron chi connectivity index (χ4n) is 2.09. The van der Waals surface area contributed by atoms with Crippen molar-refractivity contribution in [3.8, 4) is 0 Å². The number of likely N-dealkylation sites (N-methyl/N-ethyl adjacent to an activating group) is 1. The van der Waals surface area contributed by atoms with Crippen LogP contribution in [0.5, 0.6) is 0 Å². The Kier molecular flexibility index (Phi) is 5.05. The van der Waals surface area contributed by atoms with Gasteiger partial charge in [0.2, 0.25) is 0 Å². The molecule has 0 aromatic heterocycles. The zero-order valence-corrected chi connectivity index (χ0v) is 12.0. The molecule has 0 bridgehead atoms. The van der Waals surface area contributed by atoms with E-state index in [0.29, 0.717) is 6.54 Å². The van der Waals surface area contributed by atoms with E-state index in [1.54, 1.807) is 0 Å². The highest BCUT2D eigenvalue weighted by atomic mass is 35.5. The molecule has 1 saturated heterocycles. The minimum Gasteiger partial charge on any atom is -0.338 e. The highest BCUT2D eigenvalue weighted by Crippen LogP contribution is 2.09. The third kappa shape index (κ3) is 4.40. The summed E-state index contributed by atoms with van der Waals surface area (Å²) in [7, 11) is 2.08. The second kappa shape index (κ2) is 6.78. The largest absolute Gasteiger partial charge is 0.338 e. The van der Waals surface area contributed by atoms with Gasteiger partial charge in [-0.3, -0.25) is 0 Å². The molecule has 5 heteroatoms. The number of carbonyl (C=O) groups is 1. The van der Waals surface area contributed by atoms with Crippen molar-refractivity contribution in [3.05, 3.63) is 34.9 Å². The highest BCUT2D eigenvalue weighted by Gasteiger charge is 2.18. The Morgan fingerprint density at radius 2 is 1.84 bits per heavy atom. The molecule has 0 unspecified atom stereocenters. The summed E-state index contributed by atoms with van der Waals surface area (Å²) in [5, 5.41) is 3.71. The van der Waals surface area contributed by atoms with Crippen molar-refractivity contribution >= 4 is 17.6 Å². The van der Waals surface area contributed by atoms with Gasteiger partial charge in [0.05, 0.1) is 0 Å². The smallest absolute Gasteiger partial charge is 0.317 e. The van der Waals surface area contributed by atoms with Gasteiger partial charge in [-0.15, -0.1) is 0 Å². The molecule has 0 radical (unpaired) electrons. The van der Waals surface area contributed by atoms with Gasteiger partial charge >= 0.3 is 6.03 Å². The van der Waals surface area contributed by atoms with E-state index in [1.807, 2.05) is 29.2 Å². The average Bonchev–Trinajstić information content (AvgIpc) is 2.41. The lowest BCUT2D eigenvalue weighted by Gasteiger charge is -2.32. The molecule has 1 aliphatic rings. The summed E-state index contributed by atoms with van der Waals surface area (Å²) in [5.41, 5.74) is 1.18. The molecule has 1 aromatic rings. The van der Waals surface area contributed by atoms with Crippen LogP contribution in [-0.2, 0) is 6.42 Å². The Bertz CT molecular complexity index is 413. The Labute approximate surface area is 119 Å². The van der Waals surface area contributed by atoms with Crippen molar-refractivity contribution in [2.75, 3.05) is 39.8 Å². The molecule has 2 amide bonds. The summed E-state index contributed by atoms with van der Waals surface area (Å²) in [6.07, 6.45) is 0.830. The molecule has 19 heavy (non-hydrogen) atoms. The maximum Gasteiger partial charge on any atom is 0.317 e. The monoisotopic (exact) mass is 281 g/mol. The number of rotatable bonds is 3. The van der Waals surface area contributed by atoms with E-state index >= 15 is 0 Å². The Hall–Kier alpha value is -1.26. The molecular weight excluding hydrogens is 262 g/mol. The third-order valence-corrected chi connectivity index (χ3v) is 3.65. The molecule has 0 aliphatic carbocycles. The molecular formula is C14H20ClN3O. The Morgan fingerprint density at radius 3 is 2.47 bits per heavy atom. The van der Waals surface area contributed by atoms with E-state index in [9.17, 15) is 4.79 Å². The number of amides is 2. The van der Waals surface area contributed by atoms with Crippen molar-refractivity contribution in [3.63, 3.8) is 0 Å². The van der Waals surface area contributed by atoms with Crippen molar-refractivity contribution < 1.29 is 4.79 Å². The van der Waals surface area contributed by atoms with Gasteiger partial charge in [0, 0.05) is 37.7 Å². The van der Waals surface area contributed by atoms with E-state index < -0.39 is 0 Å². The van der Waals surface area contributed by atoms with Crippen LogP contribution in [0.25, 0.3) is 0 Å². The molecule has 104 valence electrons. The molecule has 1 heterocycles. The second-order valence-corrected chi connectivity index (χ2v) is 5.34. The maximum atomic E-state index is 11.9. The van der Waals surface area contributed by atoms with Gasteiger partial charge in [0.15, 0.2) is 0 Å². The van der Waals surface area contributed by atoms with Crippen LogP contribution in [0.15, 0.2) is 24.3 Å². The normalized spacial score (nSPS) is 16.4. The van der Waals surface area contributed by atoms with Crippen molar-refractivity contribution in [2.45, 2.75) is 6.42 Å². The lowest BCUT2D eigenvalue weighted by molar-refractivity contribution is 0.154. The first-order valence-corrected chi connectivity index (χ1v) is 6.99. The van der Waals surface area contributed by atoms with E-state index in [4.69, 9.17) is 11.6 Å². The fourth-order valence-corrected chi connectivity index (χ4v) is 2.21. The third-order valence-electron chi connectivity index (χ3n) is 3.39. The van der Waals surface area contributed by atoms with Crippen LogP contribution < -0.4 is 5.32 Å². The van der Waals surface area contributed by atoms with E-state index in [2.05, 4.69) is 17.3 Å². The Morgan fingerprint density at radius 1 is 1.21 bits per heavy atom. The highest BCUT2D eigenvalue weighted by molar-refractivity contribution is 6.30. The summed E-state index contributed by atoms with van der Waals surface area (Å²) >= 11 is 5.83. The zero-order valence-electron chi connectivity index (χ0n) is 11.2. The first-order valence-electron chi connectivity index (χ1n) is 6.61. The van der Waals surface area contributed by atoms with Crippen LogP contribution in [0.4, 0.5) is 4.79 Å². The van der Waals surface area contributed by atoms with Crippen LogP contribution in [0.2, 0.25) is 5.02 Å². The SMILES string of the molecule is CN1CCN(C(=O)NCCc2ccc(Cl)cc2)CC1. The van der Waals surface area contributed by atoms with Gasteiger partial charge < -0.3 is 15.1 Å². The van der Waals surface area contributed by atoms with E-state index in [-0.39, 0.29) is 6.03 Å². The van der Waals surface area contributed by atoms with Crippen LogP contribution >= 0.6 is 11.6 Å². The summed E-state index contributed by atoms with van der Waals surface area (Å²) < 4.78 is 0. The predicted octanol–water partition coefficient (Wildman–Crippen LogP) is 1.84. The number of hydrogen-bond donors (Lipinski definition) is 1. The van der Waals surface area contributed by atoms with Gasteiger partial charge in [-0.1, -0.05) is 23.7 Å². The maximum absolute atomic E-state index is 11.9. The van der Waals surface area contributed by atoms with Gasteiger partial charge in [-0.2, -0.15) is 0 Å². The predicted molar refractivity (Wildman–Crippen MR) is 77.6 cm³/mol. The molecule has 1 aromatic carbocycles. The van der Waals surface area contributed by atoms with Crippen LogP contribution in [0, 0.1) is 0 Å². The van der Waals surface area contributed by atoms with E-state index in [0.717, 1.165) is 37.6 Å². The lowest BCUT2D eigenvalue weighted by atomic mass is 10.1. The quantitative estimate of drug-likeness (QED) is 0.918. The van der Waals surface area contributed by atoms with Crippen LogP contribution in [0.1, 0.15) is 5.56 Å². The number of benzene rings is 1. The summed E-state index contributed by atoms with van der Waals surface area (Å²) in [6, 6.07) is 7.77. The number of hydrogen-bond acceptors (Lipinski definition) is 2. The molecule has 4 nitrogen and oxygen atoms in total. The Balaban J connectivity index is 1.70. The standard InChI is InChI=1S/C14H20ClN3O/c1-17-8-10-18(11-9-17)14(19)16-7-6-12-2-4-13(15)5-3-12/h2-5H,6-11H2,1H3,(H,16,19).